The van der Waals surface area contributed by atoms with Gasteiger partial charge in [-0.3, -0.25) is 0 Å². The lowest BCUT2D eigenvalue weighted by molar-refractivity contribution is 0.169. The molecule has 0 aromatic heterocycles. The van der Waals surface area contributed by atoms with Crippen molar-refractivity contribution in [2.24, 2.45) is 0 Å². The molecule has 0 amide bonds. The average Bonchev–Trinajstić information content (AvgIpc) is 2.49. The van der Waals surface area contributed by atoms with Gasteiger partial charge in [0, 0.05) is 24.2 Å². The zero-order chi connectivity index (χ0) is 14.7. The number of phenols is 1. The lowest BCUT2D eigenvalue weighted by Gasteiger charge is -2.26. The van der Waals surface area contributed by atoms with Crippen molar-refractivity contribution in [1.29, 1.82) is 0 Å². The number of aryl methyl sites for hydroxylation is 1. The Kier molecular flexibility index (Phi) is 4.32. The summed E-state index contributed by atoms with van der Waals surface area (Å²) < 4.78 is 5.93. The Morgan fingerprint density at radius 1 is 1.19 bits per heavy atom. The zero-order valence-electron chi connectivity index (χ0n) is 11.7. The third kappa shape index (κ3) is 3.69. The van der Waals surface area contributed by atoms with E-state index in [-0.39, 0.29) is 11.9 Å². The maximum absolute atomic E-state index is 9.52. The molecule has 1 atom stereocenters. The summed E-state index contributed by atoms with van der Waals surface area (Å²) in [5, 5.41) is 13.7. The Bertz CT molecular complexity index is 613. The molecule has 110 valence electrons. The van der Waals surface area contributed by atoms with Crippen LogP contribution in [-0.4, -0.2) is 17.8 Å². The first-order valence-electron chi connectivity index (χ1n) is 7.14. The second-order valence-electron chi connectivity index (χ2n) is 5.33. The summed E-state index contributed by atoms with van der Waals surface area (Å²) in [6, 6.07) is 13.2. The first kappa shape index (κ1) is 14.2. The third-order valence-electron chi connectivity index (χ3n) is 3.69. The van der Waals surface area contributed by atoms with E-state index in [0.29, 0.717) is 0 Å². The molecule has 3 nitrogen and oxygen atoms in total. The molecule has 1 aliphatic rings. The number of benzene rings is 2. The van der Waals surface area contributed by atoms with Gasteiger partial charge in [0.2, 0.25) is 0 Å². The van der Waals surface area contributed by atoms with Crippen LogP contribution in [0.15, 0.2) is 42.5 Å². The summed E-state index contributed by atoms with van der Waals surface area (Å²) >= 11 is 5.87. The molecule has 2 aromatic rings. The van der Waals surface area contributed by atoms with E-state index in [1.807, 2.05) is 30.3 Å². The highest BCUT2D eigenvalue weighted by molar-refractivity contribution is 6.30. The second-order valence-corrected chi connectivity index (χ2v) is 5.76. The summed E-state index contributed by atoms with van der Waals surface area (Å²) in [6.07, 6.45) is 2.13. The van der Waals surface area contributed by atoms with E-state index >= 15 is 0 Å². The number of hydrogen-bond donors (Lipinski definition) is 2. The Hall–Kier alpha value is -1.71. The Morgan fingerprint density at radius 2 is 2.00 bits per heavy atom. The van der Waals surface area contributed by atoms with Gasteiger partial charge in [-0.25, -0.2) is 0 Å². The van der Waals surface area contributed by atoms with Crippen LogP contribution in [0.2, 0.25) is 5.02 Å². The van der Waals surface area contributed by atoms with E-state index in [9.17, 15) is 5.11 Å². The van der Waals surface area contributed by atoms with Crippen LogP contribution in [0.3, 0.4) is 0 Å². The van der Waals surface area contributed by atoms with Crippen molar-refractivity contribution in [3.63, 3.8) is 0 Å². The number of rotatable bonds is 4. The summed E-state index contributed by atoms with van der Waals surface area (Å²) in [7, 11) is 0. The fourth-order valence-corrected chi connectivity index (χ4v) is 2.66. The molecule has 2 aromatic carbocycles. The Morgan fingerprint density at radius 3 is 2.81 bits per heavy atom. The van der Waals surface area contributed by atoms with Crippen LogP contribution in [0, 0.1) is 0 Å². The molecular formula is C17H18ClNO2. The van der Waals surface area contributed by atoms with Gasteiger partial charge in [0.25, 0.3) is 0 Å². The van der Waals surface area contributed by atoms with Crippen LogP contribution in [0.25, 0.3) is 0 Å². The van der Waals surface area contributed by atoms with Crippen molar-refractivity contribution in [2.45, 2.75) is 25.5 Å². The van der Waals surface area contributed by atoms with Gasteiger partial charge in [0.05, 0.1) is 0 Å². The summed E-state index contributed by atoms with van der Waals surface area (Å²) in [6.45, 7) is 1.58. The Balaban J connectivity index is 1.52. The minimum Gasteiger partial charge on any atom is -0.508 e. The van der Waals surface area contributed by atoms with E-state index < -0.39 is 0 Å². The predicted molar refractivity (Wildman–Crippen MR) is 84.0 cm³/mol. The van der Waals surface area contributed by atoms with E-state index in [1.165, 1.54) is 11.1 Å². The first-order chi connectivity index (χ1) is 10.2. The van der Waals surface area contributed by atoms with Gasteiger partial charge in [0.15, 0.2) is 0 Å². The monoisotopic (exact) mass is 303 g/mol. The molecule has 0 radical (unpaired) electrons. The van der Waals surface area contributed by atoms with Crippen LogP contribution >= 0.6 is 11.6 Å². The largest absolute Gasteiger partial charge is 0.508 e. The number of hydrogen-bond acceptors (Lipinski definition) is 3. The number of fused-ring (bicyclic) bond motifs is 1. The Labute approximate surface area is 129 Å². The molecule has 0 aliphatic carbocycles. The molecule has 0 spiro atoms. The number of aromatic hydroxyl groups is 1. The topological polar surface area (TPSA) is 41.5 Å². The molecule has 0 bridgehead atoms. The van der Waals surface area contributed by atoms with Gasteiger partial charge in [0.1, 0.15) is 17.6 Å². The molecule has 0 fully saturated rings. The molecule has 2 N–H and O–H groups in total. The van der Waals surface area contributed by atoms with Crippen molar-refractivity contribution in [2.75, 3.05) is 6.54 Å². The normalized spacial score (nSPS) is 17.1. The minimum atomic E-state index is 0.145. The van der Waals surface area contributed by atoms with E-state index in [0.717, 1.165) is 36.7 Å². The van der Waals surface area contributed by atoms with Gasteiger partial charge in [-0.05, 0) is 42.2 Å². The minimum absolute atomic E-state index is 0.145. The molecular weight excluding hydrogens is 286 g/mol. The van der Waals surface area contributed by atoms with Crippen molar-refractivity contribution in [3.8, 4) is 11.5 Å². The van der Waals surface area contributed by atoms with Crippen LogP contribution in [0.4, 0.5) is 0 Å². The molecule has 21 heavy (non-hydrogen) atoms. The van der Waals surface area contributed by atoms with Crippen molar-refractivity contribution in [3.05, 3.63) is 58.6 Å². The van der Waals surface area contributed by atoms with Gasteiger partial charge in [-0.2, -0.15) is 0 Å². The second kappa shape index (κ2) is 6.37. The number of phenolic OH excluding ortho intramolecular Hbond substituents is 1. The quantitative estimate of drug-likeness (QED) is 0.908. The average molecular weight is 304 g/mol. The van der Waals surface area contributed by atoms with Gasteiger partial charge < -0.3 is 15.2 Å². The van der Waals surface area contributed by atoms with Crippen molar-refractivity contribution < 1.29 is 9.84 Å². The zero-order valence-corrected chi connectivity index (χ0v) is 12.4. The molecule has 0 unspecified atom stereocenters. The smallest absolute Gasteiger partial charge is 0.126 e. The maximum atomic E-state index is 9.52. The third-order valence-corrected chi connectivity index (χ3v) is 3.95. The van der Waals surface area contributed by atoms with Gasteiger partial charge >= 0.3 is 0 Å². The van der Waals surface area contributed by atoms with Crippen molar-refractivity contribution in [1.82, 2.24) is 5.32 Å². The molecule has 1 heterocycles. The van der Waals surface area contributed by atoms with E-state index in [4.69, 9.17) is 16.3 Å². The fraction of sp³-hybridized carbons (Fsp3) is 0.294. The molecule has 3 rings (SSSR count). The number of ether oxygens (including phenoxy) is 1. The molecule has 4 heteroatoms. The van der Waals surface area contributed by atoms with Crippen LogP contribution in [-0.2, 0) is 13.0 Å². The highest BCUT2D eigenvalue weighted by Gasteiger charge is 2.19. The van der Waals surface area contributed by atoms with Gasteiger partial charge in [-0.1, -0.05) is 29.8 Å². The van der Waals surface area contributed by atoms with E-state index in [2.05, 4.69) is 5.32 Å². The van der Waals surface area contributed by atoms with Crippen LogP contribution in [0.1, 0.15) is 17.5 Å². The molecule has 1 aliphatic heterocycles. The lowest BCUT2D eigenvalue weighted by atomic mass is 10.0. The van der Waals surface area contributed by atoms with Crippen LogP contribution in [0.5, 0.6) is 11.5 Å². The number of halogens is 1. The highest BCUT2D eigenvalue weighted by Crippen LogP contribution is 2.30. The first-order valence-corrected chi connectivity index (χ1v) is 7.52. The summed E-state index contributed by atoms with van der Waals surface area (Å²) in [4.78, 5) is 0. The predicted octanol–water partition coefficient (Wildman–Crippen LogP) is 3.53. The number of nitrogens with one attached hydrogen (secondary N) is 1. The van der Waals surface area contributed by atoms with Crippen molar-refractivity contribution >= 4 is 11.6 Å². The summed E-state index contributed by atoms with van der Waals surface area (Å²) in [5.74, 6) is 1.06. The fourth-order valence-electron chi connectivity index (χ4n) is 2.54. The lowest BCUT2D eigenvalue weighted by Crippen LogP contribution is -2.33. The highest BCUT2D eigenvalue weighted by atomic mass is 35.5. The SMILES string of the molecule is Oc1ccc2c(c1)O[C@H](CNCc1ccc(Cl)cc1)CC2. The van der Waals surface area contributed by atoms with Gasteiger partial charge in [-0.15, -0.1) is 0 Å². The maximum Gasteiger partial charge on any atom is 0.126 e. The summed E-state index contributed by atoms with van der Waals surface area (Å²) in [5.41, 5.74) is 2.37. The van der Waals surface area contributed by atoms with E-state index in [1.54, 1.807) is 12.1 Å². The van der Waals surface area contributed by atoms with Crippen LogP contribution < -0.4 is 10.1 Å². The molecule has 0 saturated heterocycles. The standard InChI is InChI=1S/C17H18ClNO2/c18-14-5-1-12(2-6-14)10-19-11-16-8-4-13-3-7-15(20)9-17(13)21-16/h1-3,5-7,9,16,19-20H,4,8,10-11H2/t16-/m0/s1. The molecule has 0 saturated carbocycles.